The summed E-state index contributed by atoms with van der Waals surface area (Å²) >= 11 is 9.21. The highest BCUT2D eigenvalue weighted by atomic mass is 35.5. The van der Waals surface area contributed by atoms with E-state index in [1.54, 1.807) is 29.0 Å². The van der Waals surface area contributed by atoms with Crippen LogP contribution in [-0.4, -0.2) is 184 Å². The lowest BCUT2D eigenvalue weighted by Crippen LogP contribution is -2.57. The molecule has 6 aromatic rings. The van der Waals surface area contributed by atoms with E-state index in [0.29, 0.717) is 74.9 Å². The number of aliphatic hydroxyl groups excluding tert-OH is 1. The van der Waals surface area contributed by atoms with E-state index in [1.807, 2.05) is 111 Å². The number of likely N-dealkylation sites (tertiary alicyclic amines) is 3. The first-order valence-electron chi connectivity index (χ1n) is 37.0. The number of piperazine rings is 1. The topological polar surface area (TPSA) is 251 Å². The summed E-state index contributed by atoms with van der Waals surface area (Å²) < 4.78 is 101. The number of allylic oxidation sites excluding steroid dienone is 1. The lowest BCUT2D eigenvalue weighted by Gasteiger charge is -2.38. The smallest absolute Gasteiger partial charge is 0.391 e. The maximum Gasteiger partial charge on any atom is 0.501 e. The zero-order chi connectivity index (χ0) is 76.2. The van der Waals surface area contributed by atoms with Gasteiger partial charge in [-0.15, -0.1) is 23.1 Å². The maximum absolute atomic E-state index is 14.6. The molecule has 574 valence electrons. The third-order valence-corrected chi connectivity index (χ3v) is 27.3. The molecule has 2 aliphatic carbocycles. The number of aryl methyl sites for hydroxylation is 1. The number of unbranched alkanes of at least 4 members (excludes halogenated alkanes) is 2. The van der Waals surface area contributed by atoms with Crippen molar-refractivity contribution in [3.8, 4) is 10.4 Å². The number of hydrogen-bond acceptors (Lipinski definition) is 17. The van der Waals surface area contributed by atoms with Crippen molar-refractivity contribution in [2.45, 2.75) is 162 Å². The summed E-state index contributed by atoms with van der Waals surface area (Å²) in [5, 5.41) is 20.5. The van der Waals surface area contributed by atoms with Crippen LogP contribution in [0.15, 0.2) is 147 Å². The summed E-state index contributed by atoms with van der Waals surface area (Å²) in [6.45, 7) is 16.1. The SMILES string of the molecule is Cc1ncsc1-c1ccc([C@H](C)NC(=O)[C@@H]2C[C@@H](O)CN2C(=O)[C@@H](NC(=O)CCCCCC(=O)N2C[C@H]3CN(CC[C@H](CSc4ccccc4)Nc4ccc(S(=O)(=O)NC(=O)c5ccc(N6CCN(CC7=C(c8ccc(Cl)cc8)CCC8(CC8)C7)CC6)cc5)cc4S(=O)(=O)C(F)(F)F)C[C@H]3C2)C(C)(C)C)cc1. The molecule has 5 N–H and O–H groups in total. The van der Waals surface area contributed by atoms with E-state index >= 15 is 0 Å². The van der Waals surface area contributed by atoms with E-state index in [9.17, 15) is 59.1 Å². The second-order valence-corrected chi connectivity index (χ2v) is 36.9. The quantitative estimate of drug-likeness (QED) is 0.0226. The van der Waals surface area contributed by atoms with Gasteiger partial charge in [0.2, 0.25) is 23.6 Å². The Kier molecular flexibility index (Phi) is 24.8. The van der Waals surface area contributed by atoms with E-state index < -0.39 is 94.3 Å². The van der Waals surface area contributed by atoms with Crippen LogP contribution in [-0.2, 0) is 39.0 Å². The molecule has 1 spiro atoms. The van der Waals surface area contributed by atoms with Gasteiger partial charge < -0.3 is 40.7 Å². The Morgan fingerprint density at radius 3 is 2.09 bits per heavy atom. The monoisotopic (exact) mass is 1560 g/mol. The van der Waals surface area contributed by atoms with Crippen LogP contribution < -0.4 is 25.6 Å². The van der Waals surface area contributed by atoms with Gasteiger partial charge in [0, 0.05) is 124 Å². The highest BCUT2D eigenvalue weighted by Crippen LogP contribution is 2.59. The third kappa shape index (κ3) is 19.4. The number of carbonyl (C=O) groups excluding carboxylic acids is 5. The van der Waals surface area contributed by atoms with Crippen molar-refractivity contribution >= 4 is 101 Å². The van der Waals surface area contributed by atoms with Crippen LogP contribution in [0, 0.1) is 29.6 Å². The number of carbonyl (C=O) groups is 5. The highest BCUT2D eigenvalue weighted by molar-refractivity contribution is 7.99. The summed E-state index contributed by atoms with van der Waals surface area (Å²) in [5.74, 6) is -1.63. The van der Waals surface area contributed by atoms with Crippen LogP contribution >= 0.6 is 34.7 Å². The van der Waals surface area contributed by atoms with Gasteiger partial charge in [0.05, 0.1) is 38.8 Å². The molecular weight excluding hydrogens is 1470 g/mol. The number of alkyl halides is 3. The van der Waals surface area contributed by atoms with Gasteiger partial charge in [-0.3, -0.25) is 28.9 Å². The Labute approximate surface area is 639 Å². The molecule has 7 atom stereocenters. The number of halogens is 4. The average Bonchev–Trinajstić information content (AvgIpc) is 1.48. The van der Waals surface area contributed by atoms with E-state index in [4.69, 9.17) is 11.6 Å². The second-order valence-electron chi connectivity index (χ2n) is 30.9. The molecular formula is C79H96ClF3N10O10S4. The fraction of sp³-hybridized carbons (Fsp3) is 0.494. The minimum Gasteiger partial charge on any atom is -0.391 e. The molecule has 20 nitrogen and oxygen atoms in total. The van der Waals surface area contributed by atoms with E-state index in [-0.39, 0.29) is 60.8 Å². The van der Waals surface area contributed by atoms with Gasteiger partial charge in [-0.1, -0.05) is 99.0 Å². The number of amides is 5. The maximum atomic E-state index is 14.6. The van der Waals surface area contributed by atoms with Gasteiger partial charge >= 0.3 is 5.51 Å². The molecule has 4 aliphatic heterocycles. The number of hydrogen-bond donors (Lipinski definition) is 5. The van der Waals surface area contributed by atoms with Crippen LogP contribution in [0.4, 0.5) is 24.5 Å². The number of aliphatic hydroxyl groups is 1. The Morgan fingerprint density at radius 1 is 0.776 bits per heavy atom. The zero-order valence-corrected chi connectivity index (χ0v) is 65.1. The number of thioether (sulfide) groups is 1. The predicted molar refractivity (Wildman–Crippen MR) is 412 cm³/mol. The minimum atomic E-state index is -6.17. The van der Waals surface area contributed by atoms with Crippen molar-refractivity contribution in [1.82, 2.24) is 39.9 Å². The van der Waals surface area contributed by atoms with E-state index in [0.717, 1.165) is 90.0 Å². The van der Waals surface area contributed by atoms with Gasteiger partial charge in [0.25, 0.3) is 25.8 Å². The molecule has 28 heteroatoms. The van der Waals surface area contributed by atoms with Crippen LogP contribution in [0.25, 0.3) is 16.0 Å². The molecule has 5 amide bonds. The molecule has 6 aliphatic rings. The number of anilines is 2. The number of fused-ring (bicyclic) bond motifs is 1. The number of β-amino-alcohol motifs (C(OH)–C–C–N with tert-alkyl or cyclic N) is 1. The predicted octanol–water partition coefficient (Wildman–Crippen LogP) is 12.4. The fourth-order valence-corrected chi connectivity index (χ4v) is 19.6. The molecule has 5 aromatic carbocycles. The van der Waals surface area contributed by atoms with E-state index in [1.165, 1.54) is 64.8 Å². The van der Waals surface area contributed by atoms with Crippen molar-refractivity contribution in [2.24, 2.45) is 22.7 Å². The summed E-state index contributed by atoms with van der Waals surface area (Å²) in [4.78, 5) is 83.2. The molecule has 107 heavy (non-hydrogen) atoms. The Bertz CT molecular complexity index is 4440. The van der Waals surface area contributed by atoms with Gasteiger partial charge in [-0.2, -0.15) is 13.2 Å². The molecule has 4 saturated heterocycles. The van der Waals surface area contributed by atoms with Crippen molar-refractivity contribution in [2.75, 3.05) is 88.0 Å². The molecule has 12 rings (SSSR count). The number of aromatic nitrogens is 1. The van der Waals surface area contributed by atoms with Crippen molar-refractivity contribution in [3.63, 3.8) is 0 Å². The number of sulfone groups is 1. The van der Waals surface area contributed by atoms with Crippen LogP contribution in [0.5, 0.6) is 0 Å². The lowest BCUT2D eigenvalue weighted by atomic mass is 9.79. The second kappa shape index (κ2) is 33.5. The Hall–Kier alpha value is -7.37. The summed E-state index contributed by atoms with van der Waals surface area (Å²) in [5.41, 5.74) is 2.99. The van der Waals surface area contributed by atoms with Crippen LogP contribution in [0.3, 0.4) is 0 Å². The van der Waals surface area contributed by atoms with Gasteiger partial charge in [-0.05, 0) is 177 Å². The molecule has 1 aromatic heterocycles. The summed E-state index contributed by atoms with van der Waals surface area (Å²) in [7, 11) is -11.1. The third-order valence-electron chi connectivity index (χ3n) is 22.1. The Balaban J connectivity index is 0.602. The molecule has 1 saturated carbocycles. The standard InChI is InChI=1S/C79H96ClF3N10O10S4/c1-51(53-16-18-55(19-17-53)72-52(2)84-50-105-72)85-75(98)68-40-63(94)48-93(68)76(99)73(77(3,4)5)87-70(95)14-10-7-11-15-71(96)92-46-58-44-90(45-59(58)47-92)35-31-61(49-104-64-12-8-6-9-13-64)86-67-29-28-65(41-69(67)106(100,101)79(81,82)83)107(102,103)88-74(97)56-22-26-62(27-23-56)91-38-36-89(37-39-91)43-57-42-78(33-34-78)32-30-66(57)54-20-24-60(80)25-21-54/h6,8-9,12-13,16-29,41,50-51,58-59,61,63,68,73,86,94H,7,10-11,14-15,30-40,42-49H2,1-5H3,(H,85,98)(H,87,95)(H,88,97)/t51-,58-,59+,61+,63+,68-,73+/m0/s1. The number of rotatable bonds is 28. The minimum absolute atomic E-state index is 0.00681. The van der Waals surface area contributed by atoms with Crippen molar-refractivity contribution < 1.29 is 59.1 Å². The van der Waals surface area contributed by atoms with Crippen molar-refractivity contribution in [3.05, 3.63) is 160 Å². The molecule has 5 heterocycles. The zero-order valence-electron chi connectivity index (χ0n) is 61.1. The highest BCUT2D eigenvalue weighted by Gasteiger charge is 2.50. The average molecular weight is 1570 g/mol. The molecule has 5 fully saturated rings. The van der Waals surface area contributed by atoms with E-state index in [2.05, 4.69) is 47.8 Å². The summed E-state index contributed by atoms with van der Waals surface area (Å²) in [6, 6.07) is 31.1. The van der Waals surface area contributed by atoms with Crippen LogP contribution in [0.2, 0.25) is 5.02 Å². The van der Waals surface area contributed by atoms with Gasteiger partial charge in [0.15, 0.2) is 0 Å². The fourth-order valence-electron chi connectivity index (χ4n) is 15.7. The van der Waals surface area contributed by atoms with Crippen molar-refractivity contribution in [1.29, 1.82) is 0 Å². The normalized spacial score (nSPS) is 20.7. The number of sulfonamides is 1. The first kappa shape index (κ1) is 79.2. The van der Waals surface area contributed by atoms with Gasteiger partial charge in [0.1, 0.15) is 17.0 Å². The molecule has 0 unspecified atom stereocenters. The number of nitrogens with one attached hydrogen (secondary N) is 4. The summed E-state index contributed by atoms with van der Waals surface area (Å²) in [6.07, 6.45) is 7.39. The first-order valence-corrected chi connectivity index (χ1v) is 42.2. The number of nitrogens with zero attached hydrogens (tertiary/aromatic N) is 6. The first-order chi connectivity index (χ1) is 50.9. The Morgan fingerprint density at radius 2 is 1.45 bits per heavy atom. The van der Waals surface area contributed by atoms with Gasteiger partial charge in [-0.25, -0.2) is 26.5 Å². The number of thiazole rings is 1. The number of benzene rings is 5. The molecule has 0 radical (unpaired) electrons. The van der Waals surface area contributed by atoms with Crippen LogP contribution in [0.1, 0.15) is 138 Å². The molecule has 0 bridgehead atoms. The lowest BCUT2D eigenvalue weighted by molar-refractivity contribution is -0.144. The largest absolute Gasteiger partial charge is 0.501 e.